The van der Waals surface area contributed by atoms with Crippen molar-refractivity contribution in [2.75, 3.05) is 27.2 Å². The Bertz CT molecular complexity index is 258. The molecule has 4 heteroatoms. The number of nitrogens with one attached hydrogen (secondary N) is 2. The number of carbonyl (C=O) groups is 1. The van der Waals surface area contributed by atoms with Crippen molar-refractivity contribution in [1.82, 2.24) is 15.5 Å². The predicted molar refractivity (Wildman–Crippen MR) is 80.2 cm³/mol. The van der Waals surface area contributed by atoms with Crippen LogP contribution in [0.2, 0.25) is 0 Å². The first-order chi connectivity index (χ1) is 9.00. The van der Waals surface area contributed by atoms with E-state index >= 15 is 0 Å². The molecule has 112 valence electrons. The van der Waals surface area contributed by atoms with E-state index in [0.717, 1.165) is 32.4 Å². The Morgan fingerprint density at radius 1 is 1.32 bits per heavy atom. The molecule has 1 fully saturated rings. The highest BCUT2D eigenvalue weighted by atomic mass is 16.2. The molecule has 1 amide bonds. The van der Waals surface area contributed by atoms with Gasteiger partial charge in [-0.3, -0.25) is 4.79 Å². The minimum absolute atomic E-state index is 0.0179. The largest absolute Gasteiger partial charge is 0.353 e. The first kappa shape index (κ1) is 16.4. The third kappa shape index (κ3) is 6.39. The third-order valence-electron chi connectivity index (χ3n) is 3.86. The minimum atomic E-state index is 0.0179. The summed E-state index contributed by atoms with van der Waals surface area (Å²) < 4.78 is 0. The van der Waals surface area contributed by atoms with Crippen LogP contribution in [-0.4, -0.2) is 50.1 Å². The molecule has 0 aliphatic carbocycles. The van der Waals surface area contributed by atoms with Crippen LogP contribution in [0, 0.1) is 5.92 Å². The maximum atomic E-state index is 12.2. The molecule has 1 aliphatic rings. The molecule has 0 bridgehead atoms. The van der Waals surface area contributed by atoms with Crippen molar-refractivity contribution in [2.24, 2.45) is 5.92 Å². The predicted octanol–water partition coefficient (Wildman–Crippen LogP) is 1.61. The molecule has 2 unspecified atom stereocenters. The summed E-state index contributed by atoms with van der Waals surface area (Å²) >= 11 is 0. The van der Waals surface area contributed by atoms with Crippen molar-refractivity contribution < 1.29 is 4.79 Å². The Balaban J connectivity index is 2.37. The SMILES string of the molecule is CC(C)CC(CNC(=O)C1CCCCCN1)N(C)C. The molecule has 0 aromatic heterocycles. The van der Waals surface area contributed by atoms with E-state index in [2.05, 4.69) is 43.5 Å². The molecule has 1 heterocycles. The van der Waals surface area contributed by atoms with E-state index in [1.165, 1.54) is 12.8 Å². The van der Waals surface area contributed by atoms with Gasteiger partial charge in [0.15, 0.2) is 0 Å². The van der Waals surface area contributed by atoms with Gasteiger partial charge < -0.3 is 15.5 Å². The molecular formula is C15H31N3O. The fourth-order valence-electron chi connectivity index (χ4n) is 2.61. The average molecular weight is 269 g/mol. The van der Waals surface area contributed by atoms with Crippen LogP contribution in [0.15, 0.2) is 0 Å². The van der Waals surface area contributed by atoms with E-state index in [1.54, 1.807) is 0 Å². The van der Waals surface area contributed by atoms with Crippen LogP contribution in [0.1, 0.15) is 46.0 Å². The number of carbonyl (C=O) groups excluding carboxylic acids is 1. The number of hydrogen-bond acceptors (Lipinski definition) is 3. The average Bonchev–Trinajstić information content (AvgIpc) is 2.62. The first-order valence-electron chi connectivity index (χ1n) is 7.68. The fraction of sp³-hybridized carbons (Fsp3) is 0.933. The van der Waals surface area contributed by atoms with Crippen molar-refractivity contribution in [3.63, 3.8) is 0 Å². The van der Waals surface area contributed by atoms with Gasteiger partial charge in [0.25, 0.3) is 0 Å². The lowest BCUT2D eigenvalue weighted by molar-refractivity contribution is -0.123. The van der Waals surface area contributed by atoms with Crippen molar-refractivity contribution in [3.05, 3.63) is 0 Å². The first-order valence-corrected chi connectivity index (χ1v) is 7.68. The summed E-state index contributed by atoms with van der Waals surface area (Å²) in [6, 6.07) is 0.444. The second-order valence-electron chi connectivity index (χ2n) is 6.35. The normalized spacial score (nSPS) is 22.3. The molecule has 2 atom stereocenters. The van der Waals surface area contributed by atoms with Crippen LogP contribution < -0.4 is 10.6 Å². The topological polar surface area (TPSA) is 44.4 Å². The standard InChI is InChI=1S/C15H31N3O/c1-12(2)10-13(18(3)4)11-17-15(19)14-8-6-5-7-9-16-14/h12-14,16H,5-11H2,1-4H3,(H,17,19). The quantitative estimate of drug-likeness (QED) is 0.770. The molecular weight excluding hydrogens is 238 g/mol. The van der Waals surface area contributed by atoms with Crippen molar-refractivity contribution in [1.29, 1.82) is 0 Å². The zero-order valence-corrected chi connectivity index (χ0v) is 13.0. The van der Waals surface area contributed by atoms with Crippen LogP contribution in [0.5, 0.6) is 0 Å². The molecule has 0 aromatic rings. The minimum Gasteiger partial charge on any atom is -0.353 e. The lowest BCUT2D eigenvalue weighted by Crippen LogP contribution is -2.48. The molecule has 1 aliphatic heterocycles. The smallest absolute Gasteiger partial charge is 0.237 e. The monoisotopic (exact) mass is 269 g/mol. The molecule has 0 aromatic carbocycles. The van der Waals surface area contributed by atoms with Gasteiger partial charge in [0.05, 0.1) is 6.04 Å². The summed E-state index contributed by atoms with van der Waals surface area (Å²) in [5.41, 5.74) is 0. The van der Waals surface area contributed by atoms with Crippen LogP contribution in [-0.2, 0) is 4.79 Å². The van der Waals surface area contributed by atoms with Crippen LogP contribution in [0.3, 0.4) is 0 Å². The van der Waals surface area contributed by atoms with Gasteiger partial charge in [-0.25, -0.2) is 0 Å². The van der Waals surface area contributed by atoms with E-state index in [1.807, 2.05) is 0 Å². The lowest BCUT2D eigenvalue weighted by atomic mass is 10.0. The maximum Gasteiger partial charge on any atom is 0.237 e. The van der Waals surface area contributed by atoms with Gasteiger partial charge in [-0.1, -0.05) is 26.7 Å². The molecule has 0 radical (unpaired) electrons. The highest BCUT2D eigenvalue weighted by Gasteiger charge is 2.21. The Morgan fingerprint density at radius 3 is 2.68 bits per heavy atom. The number of rotatable bonds is 6. The second kappa shape index (κ2) is 8.54. The van der Waals surface area contributed by atoms with Gasteiger partial charge in [0.2, 0.25) is 5.91 Å². The Labute approximate surface area is 118 Å². The molecule has 0 saturated carbocycles. The number of nitrogens with zero attached hydrogens (tertiary/aromatic N) is 1. The molecule has 2 N–H and O–H groups in total. The van der Waals surface area contributed by atoms with E-state index in [4.69, 9.17) is 0 Å². The Kier molecular flexibility index (Phi) is 7.39. The maximum absolute atomic E-state index is 12.2. The van der Waals surface area contributed by atoms with E-state index < -0.39 is 0 Å². The van der Waals surface area contributed by atoms with Gasteiger partial charge in [0.1, 0.15) is 0 Å². The molecule has 1 rings (SSSR count). The number of hydrogen-bond donors (Lipinski definition) is 2. The Morgan fingerprint density at radius 2 is 2.05 bits per heavy atom. The van der Waals surface area contributed by atoms with Gasteiger partial charge >= 0.3 is 0 Å². The summed E-state index contributed by atoms with van der Waals surface area (Å²) in [6.45, 7) is 6.18. The molecule has 1 saturated heterocycles. The molecule has 0 spiro atoms. The highest BCUT2D eigenvalue weighted by molar-refractivity contribution is 5.81. The van der Waals surface area contributed by atoms with E-state index in [9.17, 15) is 4.79 Å². The van der Waals surface area contributed by atoms with E-state index in [0.29, 0.717) is 12.0 Å². The second-order valence-corrected chi connectivity index (χ2v) is 6.35. The van der Waals surface area contributed by atoms with E-state index in [-0.39, 0.29) is 11.9 Å². The van der Waals surface area contributed by atoms with Gasteiger partial charge in [-0.15, -0.1) is 0 Å². The Hall–Kier alpha value is -0.610. The zero-order chi connectivity index (χ0) is 14.3. The number of amides is 1. The summed E-state index contributed by atoms with van der Waals surface area (Å²) in [4.78, 5) is 14.4. The summed E-state index contributed by atoms with van der Waals surface area (Å²) in [7, 11) is 4.17. The van der Waals surface area contributed by atoms with Crippen molar-refractivity contribution in [3.8, 4) is 0 Å². The van der Waals surface area contributed by atoms with Crippen molar-refractivity contribution in [2.45, 2.75) is 58.0 Å². The van der Waals surface area contributed by atoms with Gasteiger partial charge in [-0.2, -0.15) is 0 Å². The van der Waals surface area contributed by atoms with Crippen LogP contribution >= 0.6 is 0 Å². The summed E-state index contributed by atoms with van der Waals surface area (Å²) in [5, 5.41) is 6.47. The van der Waals surface area contributed by atoms with Gasteiger partial charge in [-0.05, 0) is 45.8 Å². The molecule has 19 heavy (non-hydrogen) atoms. The summed E-state index contributed by atoms with van der Waals surface area (Å²) in [5.74, 6) is 0.831. The third-order valence-corrected chi connectivity index (χ3v) is 3.86. The molecule has 4 nitrogen and oxygen atoms in total. The van der Waals surface area contributed by atoms with Crippen LogP contribution in [0.25, 0.3) is 0 Å². The zero-order valence-electron chi connectivity index (χ0n) is 13.0. The van der Waals surface area contributed by atoms with Crippen LogP contribution in [0.4, 0.5) is 0 Å². The fourth-order valence-corrected chi connectivity index (χ4v) is 2.61. The van der Waals surface area contributed by atoms with Gasteiger partial charge in [0, 0.05) is 12.6 Å². The lowest BCUT2D eigenvalue weighted by Gasteiger charge is -2.27. The van der Waals surface area contributed by atoms with Crippen molar-refractivity contribution >= 4 is 5.91 Å². The summed E-state index contributed by atoms with van der Waals surface area (Å²) in [6.07, 6.45) is 5.68. The number of likely N-dealkylation sites (N-methyl/N-ethyl adjacent to an activating group) is 1. The highest BCUT2D eigenvalue weighted by Crippen LogP contribution is 2.10.